The van der Waals surface area contributed by atoms with Crippen molar-refractivity contribution < 1.29 is 9.18 Å². The average molecular weight is 221 g/mol. The second-order valence-electron chi connectivity index (χ2n) is 4.72. The van der Waals surface area contributed by atoms with Crippen LogP contribution in [0.3, 0.4) is 0 Å². The van der Waals surface area contributed by atoms with Crippen LogP contribution in [0.15, 0.2) is 24.3 Å². The lowest BCUT2D eigenvalue weighted by atomic mass is 9.82. The van der Waals surface area contributed by atoms with Gasteiger partial charge in [0.25, 0.3) is 0 Å². The number of hydrogen-bond donors (Lipinski definition) is 1. The Morgan fingerprint density at radius 3 is 3.00 bits per heavy atom. The molecule has 2 nitrogen and oxygen atoms in total. The molecule has 1 heterocycles. The van der Waals surface area contributed by atoms with E-state index in [9.17, 15) is 9.18 Å². The number of rotatable bonds is 3. The van der Waals surface area contributed by atoms with Gasteiger partial charge in [0.1, 0.15) is 11.6 Å². The Hall–Kier alpha value is -1.22. The highest BCUT2D eigenvalue weighted by Crippen LogP contribution is 2.27. The van der Waals surface area contributed by atoms with Crippen LogP contribution in [0.4, 0.5) is 4.39 Å². The summed E-state index contributed by atoms with van der Waals surface area (Å²) in [6, 6.07) is 6.27. The molecule has 0 amide bonds. The van der Waals surface area contributed by atoms with Crippen molar-refractivity contribution in [3.8, 4) is 0 Å². The molecule has 1 aromatic carbocycles. The van der Waals surface area contributed by atoms with Crippen molar-refractivity contribution in [2.24, 2.45) is 5.41 Å². The Bertz CT molecular complexity index is 397. The number of carbonyl (C=O) groups excluding carboxylic acids is 1. The van der Waals surface area contributed by atoms with Gasteiger partial charge in [0, 0.05) is 18.4 Å². The summed E-state index contributed by atoms with van der Waals surface area (Å²) in [5.41, 5.74) is 0.491. The van der Waals surface area contributed by atoms with E-state index in [0.29, 0.717) is 6.42 Å². The van der Waals surface area contributed by atoms with E-state index in [1.54, 1.807) is 12.1 Å². The molecule has 1 aromatic rings. The monoisotopic (exact) mass is 221 g/mol. The highest BCUT2D eigenvalue weighted by molar-refractivity contribution is 5.87. The predicted molar refractivity (Wildman–Crippen MR) is 60.7 cm³/mol. The Labute approximate surface area is 94.9 Å². The number of halogens is 1. The first-order chi connectivity index (χ1) is 7.60. The van der Waals surface area contributed by atoms with Gasteiger partial charge in [-0.25, -0.2) is 4.39 Å². The zero-order valence-corrected chi connectivity index (χ0v) is 9.42. The van der Waals surface area contributed by atoms with Crippen molar-refractivity contribution in [2.75, 3.05) is 13.1 Å². The summed E-state index contributed by atoms with van der Waals surface area (Å²) < 4.78 is 13.0. The molecule has 3 heteroatoms. The van der Waals surface area contributed by atoms with Crippen LogP contribution < -0.4 is 5.32 Å². The lowest BCUT2D eigenvalue weighted by molar-refractivity contribution is -0.126. The van der Waals surface area contributed by atoms with E-state index in [2.05, 4.69) is 5.32 Å². The Balaban J connectivity index is 2.07. The van der Waals surface area contributed by atoms with E-state index in [4.69, 9.17) is 0 Å². The van der Waals surface area contributed by atoms with Crippen molar-refractivity contribution in [2.45, 2.75) is 19.8 Å². The van der Waals surface area contributed by atoms with Crippen LogP contribution in [0.1, 0.15) is 18.9 Å². The average Bonchev–Trinajstić information content (AvgIpc) is 2.66. The molecule has 1 aliphatic heterocycles. The molecule has 86 valence electrons. The number of benzene rings is 1. The number of ketones is 1. The van der Waals surface area contributed by atoms with Gasteiger partial charge in [-0.2, -0.15) is 0 Å². The van der Waals surface area contributed by atoms with Crippen molar-refractivity contribution >= 4 is 5.78 Å². The van der Waals surface area contributed by atoms with Gasteiger partial charge in [0.15, 0.2) is 0 Å². The van der Waals surface area contributed by atoms with Crippen LogP contribution in [-0.2, 0) is 11.2 Å². The van der Waals surface area contributed by atoms with Crippen LogP contribution >= 0.6 is 0 Å². The Kier molecular flexibility index (Phi) is 3.06. The Morgan fingerprint density at radius 1 is 1.56 bits per heavy atom. The molecular weight excluding hydrogens is 205 g/mol. The van der Waals surface area contributed by atoms with Crippen molar-refractivity contribution in [3.05, 3.63) is 35.6 Å². The van der Waals surface area contributed by atoms with Crippen LogP contribution in [-0.4, -0.2) is 18.9 Å². The van der Waals surface area contributed by atoms with Gasteiger partial charge in [-0.1, -0.05) is 19.1 Å². The van der Waals surface area contributed by atoms with Crippen molar-refractivity contribution in [3.63, 3.8) is 0 Å². The number of hydrogen-bond acceptors (Lipinski definition) is 2. The third-order valence-corrected chi connectivity index (χ3v) is 3.30. The van der Waals surface area contributed by atoms with Gasteiger partial charge in [0.05, 0.1) is 0 Å². The fourth-order valence-corrected chi connectivity index (χ4v) is 2.10. The number of carbonyl (C=O) groups is 1. The molecule has 0 aromatic heterocycles. The smallest absolute Gasteiger partial charge is 0.144 e. The minimum Gasteiger partial charge on any atom is -0.316 e. The van der Waals surface area contributed by atoms with Crippen molar-refractivity contribution in [1.29, 1.82) is 0 Å². The summed E-state index contributed by atoms with van der Waals surface area (Å²) in [5.74, 6) is -0.0805. The van der Waals surface area contributed by atoms with Crippen LogP contribution in [0.25, 0.3) is 0 Å². The minimum absolute atomic E-state index is 0.197. The predicted octanol–water partition coefficient (Wildman–Crippen LogP) is 1.94. The molecule has 1 atom stereocenters. The van der Waals surface area contributed by atoms with Gasteiger partial charge in [0.2, 0.25) is 0 Å². The van der Waals surface area contributed by atoms with E-state index in [1.807, 2.05) is 6.92 Å². The summed E-state index contributed by atoms with van der Waals surface area (Å²) >= 11 is 0. The van der Waals surface area contributed by atoms with Crippen LogP contribution in [0.5, 0.6) is 0 Å². The third-order valence-electron chi connectivity index (χ3n) is 3.30. The number of nitrogens with one attached hydrogen (secondary N) is 1. The van der Waals surface area contributed by atoms with E-state index in [0.717, 1.165) is 25.1 Å². The zero-order chi connectivity index (χ0) is 11.6. The third kappa shape index (κ3) is 2.30. The second kappa shape index (κ2) is 4.34. The van der Waals surface area contributed by atoms with Crippen LogP contribution in [0, 0.1) is 11.2 Å². The first-order valence-electron chi connectivity index (χ1n) is 5.59. The first kappa shape index (κ1) is 11.3. The largest absolute Gasteiger partial charge is 0.316 e. The lowest BCUT2D eigenvalue weighted by Crippen LogP contribution is -2.31. The molecule has 1 aliphatic rings. The maximum Gasteiger partial charge on any atom is 0.144 e. The summed E-state index contributed by atoms with van der Waals surface area (Å²) in [7, 11) is 0. The highest BCUT2D eigenvalue weighted by Gasteiger charge is 2.35. The molecule has 1 saturated heterocycles. The normalized spacial score (nSPS) is 24.6. The first-order valence-corrected chi connectivity index (χ1v) is 5.59. The highest BCUT2D eigenvalue weighted by atomic mass is 19.1. The molecule has 1 fully saturated rings. The second-order valence-corrected chi connectivity index (χ2v) is 4.72. The fraction of sp³-hybridized carbons (Fsp3) is 0.462. The summed E-state index contributed by atoms with van der Waals surface area (Å²) in [4.78, 5) is 12.1. The minimum atomic E-state index is -0.278. The van der Waals surface area contributed by atoms with Gasteiger partial charge < -0.3 is 5.32 Å². The maximum absolute atomic E-state index is 13.0. The van der Waals surface area contributed by atoms with Gasteiger partial charge >= 0.3 is 0 Å². The molecule has 0 radical (unpaired) electrons. The molecule has 0 bridgehead atoms. The SMILES string of the molecule is CC1(C(=O)Cc2cccc(F)c2)CCNC1. The molecule has 16 heavy (non-hydrogen) atoms. The quantitative estimate of drug-likeness (QED) is 0.845. The van der Waals surface area contributed by atoms with Gasteiger partial charge in [-0.05, 0) is 30.7 Å². The van der Waals surface area contributed by atoms with E-state index in [-0.39, 0.29) is 17.0 Å². The summed E-state index contributed by atoms with van der Waals surface area (Å²) in [6.07, 6.45) is 1.21. The van der Waals surface area contributed by atoms with Crippen LogP contribution in [0.2, 0.25) is 0 Å². The van der Waals surface area contributed by atoms with E-state index in [1.165, 1.54) is 12.1 Å². The molecule has 0 spiro atoms. The fourth-order valence-electron chi connectivity index (χ4n) is 2.10. The molecular formula is C13H16FNO. The molecule has 1 N–H and O–H groups in total. The molecule has 2 rings (SSSR count). The van der Waals surface area contributed by atoms with E-state index >= 15 is 0 Å². The van der Waals surface area contributed by atoms with Gasteiger partial charge in [-0.3, -0.25) is 4.79 Å². The zero-order valence-electron chi connectivity index (χ0n) is 9.42. The topological polar surface area (TPSA) is 29.1 Å². The summed E-state index contributed by atoms with van der Waals surface area (Å²) in [6.45, 7) is 3.61. The maximum atomic E-state index is 13.0. The molecule has 0 saturated carbocycles. The van der Waals surface area contributed by atoms with Gasteiger partial charge in [-0.15, -0.1) is 0 Å². The Morgan fingerprint density at radius 2 is 2.38 bits per heavy atom. The number of Topliss-reactive ketones (excluding diaryl/α,β-unsaturated/α-hetero) is 1. The van der Waals surface area contributed by atoms with E-state index < -0.39 is 0 Å². The molecule has 1 unspecified atom stereocenters. The van der Waals surface area contributed by atoms with Crippen molar-refractivity contribution in [1.82, 2.24) is 5.32 Å². The lowest BCUT2D eigenvalue weighted by Gasteiger charge is -2.20. The molecule has 0 aliphatic carbocycles. The summed E-state index contributed by atoms with van der Waals surface area (Å²) in [5, 5.41) is 3.20. The standard InChI is InChI=1S/C13H16FNO/c1-13(5-6-15-9-13)12(16)8-10-3-2-4-11(14)7-10/h2-4,7,15H,5-6,8-9H2,1H3.